The van der Waals surface area contributed by atoms with Crippen LogP contribution in [0.15, 0.2) is 76.4 Å². The molecule has 5 rings (SSSR count). The summed E-state index contributed by atoms with van der Waals surface area (Å²) in [6.07, 6.45) is 2.00. The number of benzene rings is 3. The molecule has 11 heteroatoms. The van der Waals surface area contributed by atoms with Gasteiger partial charge in [0.2, 0.25) is 0 Å². The van der Waals surface area contributed by atoms with Crippen molar-refractivity contribution in [2.75, 3.05) is 28.0 Å². The summed E-state index contributed by atoms with van der Waals surface area (Å²) in [5, 5.41) is 10.4. The van der Waals surface area contributed by atoms with Gasteiger partial charge in [0.15, 0.2) is 5.69 Å². The Morgan fingerprint density at radius 2 is 1.67 bits per heavy atom. The predicted octanol–water partition coefficient (Wildman–Crippen LogP) is 4.23. The van der Waals surface area contributed by atoms with Crippen molar-refractivity contribution in [1.82, 2.24) is 10.2 Å². The number of sulfonamides is 1. The second kappa shape index (κ2) is 9.63. The van der Waals surface area contributed by atoms with Gasteiger partial charge in [-0.1, -0.05) is 29.8 Å². The van der Waals surface area contributed by atoms with Crippen molar-refractivity contribution in [3.8, 4) is 0 Å². The summed E-state index contributed by atoms with van der Waals surface area (Å²) in [4.78, 5) is 27.5. The minimum absolute atomic E-state index is 0.0185. The molecular weight excluding hydrogens is 502 g/mol. The van der Waals surface area contributed by atoms with Crippen LogP contribution >= 0.6 is 11.6 Å². The molecular formula is C25H22ClN5O4S. The molecule has 3 aromatic carbocycles. The van der Waals surface area contributed by atoms with Gasteiger partial charge < -0.3 is 10.2 Å². The van der Waals surface area contributed by atoms with Crippen molar-refractivity contribution in [3.63, 3.8) is 0 Å². The molecule has 184 valence electrons. The Labute approximate surface area is 212 Å². The number of carbonyl (C=O) groups excluding carboxylic acids is 1. The number of halogens is 1. The van der Waals surface area contributed by atoms with Crippen LogP contribution < -0.4 is 20.5 Å². The molecule has 0 saturated carbocycles. The van der Waals surface area contributed by atoms with E-state index in [0.717, 1.165) is 25.9 Å². The summed E-state index contributed by atoms with van der Waals surface area (Å²) >= 11 is 5.90. The first kappa shape index (κ1) is 23.8. The largest absolute Gasteiger partial charge is 0.370 e. The molecule has 0 aliphatic carbocycles. The quantitative estimate of drug-likeness (QED) is 0.347. The van der Waals surface area contributed by atoms with E-state index in [1.807, 2.05) is 0 Å². The number of anilines is 3. The highest BCUT2D eigenvalue weighted by atomic mass is 35.5. The molecule has 2 heterocycles. The Morgan fingerprint density at radius 1 is 0.972 bits per heavy atom. The van der Waals surface area contributed by atoms with Gasteiger partial charge >= 0.3 is 0 Å². The maximum Gasteiger partial charge on any atom is 0.276 e. The number of carbonyl (C=O) groups is 1. The number of aromatic nitrogens is 2. The second-order valence-corrected chi connectivity index (χ2v) is 10.5. The lowest BCUT2D eigenvalue weighted by atomic mass is 10.1. The maximum atomic E-state index is 13.3. The van der Waals surface area contributed by atoms with Crippen LogP contribution in [0, 0.1) is 0 Å². The molecule has 1 aliphatic heterocycles. The Balaban J connectivity index is 1.52. The summed E-state index contributed by atoms with van der Waals surface area (Å²) in [6, 6.07) is 17.6. The van der Waals surface area contributed by atoms with Gasteiger partial charge in [-0.3, -0.25) is 14.3 Å². The van der Waals surface area contributed by atoms with Crippen LogP contribution in [0.25, 0.3) is 10.8 Å². The van der Waals surface area contributed by atoms with Crippen LogP contribution in [0.5, 0.6) is 0 Å². The lowest BCUT2D eigenvalue weighted by Crippen LogP contribution is -2.23. The molecule has 0 bridgehead atoms. The summed E-state index contributed by atoms with van der Waals surface area (Å²) in [6.45, 7) is 1.58. The second-order valence-electron chi connectivity index (χ2n) is 8.39. The van der Waals surface area contributed by atoms with Crippen LogP contribution in [-0.2, 0) is 10.0 Å². The zero-order valence-electron chi connectivity index (χ0n) is 19.0. The summed E-state index contributed by atoms with van der Waals surface area (Å²) in [7, 11) is -3.96. The fourth-order valence-electron chi connectivity index (χ4n) is 4.22. The highest BCUT2D eigenvalue weighted by molar-refractivity contribution is 7.92. The zero-order chi connectivity index (χ0) is 25.3. The van der Waals surface area contributed by atoms with E-state index in [-0.39, 0.29) is 10.6 Å². The molecule has 4 aromatic rings. The van der Waals surface area contributed by atoms with Crippen molar-refractivity contribution in [2.24, 2.45) is 0 Å². The fraction of sp³-hybridized carbons (Fsp3) is 0.160. The smallest absolute Gasteiger partial charge is 0.276 e. The molecule has 0 radical (unpaired) electrons. The molecule has 3 N–H and O–H groups in total. The molecule has 1 saturated heterocycles. The minimum Gasteiger partial charge on any atom is -0.370 e. The number of H-pyrrole nitrogens is 1. The first-order valence-corrected chi connectivity index (χ1v) is 13.1. The summed E-state index contributed by atoms with van der Waals surface area (Å²) in [5.74, 6) is -0.567. The summed E-state index contributed by atoms with van der Waals surface area (Å²) in [5.41, 5.74) is 1.03. The van der Waals surface area contributed by atoms with Gasteiger partial charge in [-0.05, 0) is 61.4 Å². The van der Waals surface area contributed by atoms with Gasteiger partial charge in [-0.15, -0.1) is 0 Å². The first-order valence-electron chi connectivity index (χ1n) is 11.3. The number of rotatable bonds is 6. The van der Waals surface area contributed by atoms with E-state index >= 15 is 0 Å². The van der Waals surface area contributed by atoms with Gasteiger partial charge in [0.05, 0.1) is 21.7 Å². The lowest BCUT2D eigenvalue weighted by molar-refractivity contribution is 0.102. The van der Waals surface area contributed by atoms with E-state index in [4.69, 9.17) is 11.6 Å². The molecule has 1 amide bonds. The van der Waals surface area contributed by atoms with E-state index in [1.54, 1.807) is 54.6 Å². The van der Waals surface area contributed by atoms with Crippen molar-refractivity contribution in [1.29, 1.82) is 0 Å². The van der Waals surface area contributed by atoms with Crippen molar-refractivity contribution in [2.45, 2.75) is 17.7 Å². The zero-order valence-corrected chi connectivity index (χ0v) is 20.6. The highest BCUT2D eigenvalue weighted by Crippen LogP contribution is 2.32. The lowest BCUT2D eigenvalue weighted by Gasteiger charge is -2.22. The topological polar surface area (TPSA) is 124 Å². The highest BCUT2D eigenvalue weighted by Gasteiger charge is 2.23. The van der Waals surface area contributed by atoms with Crippen molar-refractivity contribution in [3.05, 3.63) is 87.8 Å². The third kappa shape index (κ3) is 4.77. The molecule has 0 atom stereocenters. The number of fused-ring (bicyclic) bond motifs is 1. The Bertz CT molecular complexity index is 1610. The van der Waals surface area contributed by atoms with E-state index in [1.165, 1.54) is 12.1 Å². The fourth-order valence-corrected chi connectivity index (χ4v) is 5.43. The average molecular weight is 524 g/mol. The molecule has 9 nitrogen and oxygen atoms in total. The molecule has 0 unspecified atom stereocenters. The van der Waals surface area contributed by atoms with Crippen molar-refractivity contribution >= 4 is 55.4 Å². The van der Waals surface area contributed by atoms with E-state index < -0.39 is 21.5 Å². The number of nitrogens with zero attached hydrogens (tertiary/aromatic N) is 2. The SMILES string of the molecule is O=C(Nc1cc(S(=O)(=O)Nc2ccc(Cl)cc2)ccc1N1CCCC1)c1n[nH]c(=O)c2ccccc12. The van der Waals surface area contributed by atoms with Gasteiger partial charge in [-0.25, -0.2) is 13.5 Å². The third-order valence-electron chi connectivity index (χ3n) is 5.98. The normalized spacial score (nSPS) is 13.6. The number of amides is 1. The van der Waals surface area contributed by atoms with Gasteiger partial charge in [0, 0.05) is 29.2 Å². The monoisotopic (exact) mass is 523 g/mol. The van der Waals surface area contributed by atoms with E-state index in [2.05, 4.69) is 25.1 Å². The Hall–Kier alpha value is -3.89. The number of hydrogen-bond donors (Lipinski definition) is 3. The van der Waals surface area contributed by atoms with Crippen LogP contribution in [0.4, 0.5) is 17.1 Å². The van der Waals surface area contributed by atoms with E-state index in [0.29, 0.717) is 32.9 Å². The third-order valence-corrected chi connectivity index (χ3v) is 7.61. The standard InChI is InChI=1S/C25H22ClN5O4S/c26-16-7-9-17(10-8-16)30-36(34,35)18-11-12-22(31-13-3-4-14-31)21(15-18)27-25(33)23-19-5-1-2-6-20(19)24(32)29-28-23/h1-2,5-12,15,30H,3-4,13-14H2,(H,27,33)(H,29,32). The Morgan fingerprint density at radius 3 is 2.39 bits per heavy atom. The van der Waals surface area contributed by atoms with E-state index in [9.17, 15) is 18.0 Å². The summed E-state index contributed by atoms with van der Waals surface area (Å²) < 4.78 is 28.8. The number of hydrogen-bond acceptors (Lipinski definition) is 6. The molecule has 36 heavy (non-hydrogen) atoms. The van der Waals surface area contributed by atoms with Gasteiger partial charge in [0.25, 0.3) is 21.5 Å². The Kier molecular flexibility index (Phi) is 6.38. The van der Waals surface area contributed by atoms with Crippen LogP contribution in [0.3, 0.4) is 0 Å². The number of nitrogens with one attached hydrogen (secondary N) is 3. The molecule has 0 spiro atoms. The van der Waals surface area contributed by atoms with Gasteiger partial charge in [0.1, 0.15) is 0 Å². The van der Waals surface area contributed by atoms with Crippen LogP contribution in [0.1, 0.15) is 23.3 Å². The van der Waals surface area contributed by atoms with Gasteiger partial charge in [-0.2, -0.15) is 5.10 Å². The van der Waals surface area contributed by atoms with Crippen LogP contribution in [-0.4, -0.2) is 37.6 Å². The molecule has 1 aliphatic rings. The number of aromatic amines is 1. The minimum atomic E-state index is -3.96. The first-order chi connectivity index (χ1) is 17.3. The van der Waals surface area contributed by atoms with Crippen molar-refractivity contribution < 1.29 is 13.2 Å². The predicted molar refractivity (Wildman–Crippen MR) is 140 cm³/mol. The van der Waals surface area contributed by atoms with Crippen LogP contribution in [0.2, 0.25) is 5.02 Å². The maximum absolute atomic E-state index is 13.3. The average Bonchev–Trinajstić information content (AvgIpc) is 3.40. The molecule has 1 fully saturated rings. The molecule has 1 aromatic heterocycles.